The molecule has 0 aliphatic heterocycles. The summed E-state index contributed by atoms with van der Waals surface area (Å²) in [7, 11) is 0. The van der Waals surface area contributed by atoms with Crippen LogP contribution in [0.3, 0.4) is 0 Å². The Morgan fingerprint density at radius 1 is 1.21 bits per heavy atom. The molecule has 5 heteroatoms. The van der Waals surface area contributed by atoms with Crippen molar-refractivity contribution in [3.63, 3.8) is 0 Å². The predicted molar refractivity (Wildman–Crippen MR) is 53.5 cm³/mol. The average molecular weight is 231 g/mol. The molecule has 0 atom stereocenters. The molecule has 0 amide bonds. The van der Waals surface area contributed by atoms with Gasteiger partial charge in [-0.1, -0.05) is 29.3 Å². The van der Waals surface area contributed by atoms with Crippen LogP contribution in [0.25, 0.3) is 5.69 Å². The minimum Gasteiger partial charge on any atom is -0.221 e. The number of nitrogens with zero attached hydrogens (tertiary/aromatic N) is 2. The summed E-state index contributed by atoms with van der Waals surface area (Å²) in [5, 5.41) is 4.32. The fourth-order valence-corrected chi connectivity index (χ4v) is 1.52. The van der Waals surface area contributed by atoms with Gasteiger partial charge in [-0.2, -0.15) is 5.10 Å². The highest BCUT2D eigenvalue weighted by atomic mass is 35.5. The third-order valence-electron chi connectivity index (χ3n) is 1.76. The van der Waals surface area contributed by atoms with Gasteiger partial charge in [0.05, 0.1) is 11.9 Å². The van der Waals surface area contributed by atoms with Crippen LogP contribution in [0.15, 0.2) is 30.5 Å². The topological polar surface area (TPSA) is 17.8 Å². The lowest BCUT2D eigenvalue weighted by Crippen LogP contribution is -1.98. The number of halogens is 3. The van der Waals surface area contributed by atoms with Crippen LogP contribution in [0.2, 0.25) is 10.2 Å². The number of hydrogen-bond donors (Lipinski definition) is 0. The molecule has 2 rings (SSSR count). The molecule has 2 nitrogen and oxygen atoms in total. The lowest BCUT2D eigenvalue weighted by atomic mass is 10.3. The van der Waals surface area contributed by atoms with Crippen molar-refractivity contribution in [3.8, 4) is 5.69 Å². The highest BCUT2D eigenvalue weighted by Crippen LogP contribution is 2.25. The van der Waals surface area contributed by atoms with E-state index in [2.05, 4.69) is 5.10 Å². The summed E-state index contributed by atoms with van der Waals surface area (Å²) in [4.78, 5) is 0. The summed E-state index contributed by atoms with van der Waals surface area (Å²) >= 11 is 11.6. The van der Waals surface area contributed by atoms with E-state index in [0.717, 1.165) is 0 Å². The molecule has 0 fully saturated rings. The smallest absolute Gasteiger partial charge is 0.143 e. The van der Waals surface area contributed by atoms with E-state index in [4.69, 9.17) is 23.2 Å². The van der Waals surface area contributed by atoms with Crippen LogP contribution in [-0.2, 0) is 0 Å². The van der Waals surface area contributed by atoms with Gasteiger partial charge in [0.25, 0.3) is 0 Å². The van der Waals surface area contributed by atoms with E-state index in [0.29, 0.717) is 10.8 Å². The zero-order valence-electron chi connectivity index (χ0n) is 6.92. The van der Waals surface area contributed by atoms with Crippen LogP contribution in [0.5, 0.6) is 0 Å². The zero-order valence-corrected chi connectivity index (χ0v) is 8.43. The monoisotopic (exact) mass is 230 g/mol. The Hall–Kier alpha value is -1.06. The minimum atomic E-state index is -0.490. The van der Waals surface area contributed by atoms with Gasteiger partial charge >= 0.3 is 0 Å². The molecule has 0 N–H and O–H groups in total. The van der Waals surface area contributed by atoms with Crippen LogP contribution < -0.4 is 0 Å². The fraction of sp³-hybridized carbons (Fsp3) is 0. The van der Waals surface area contributed by atoms with Crippen molar-refractivity contribution in [2.24, 2.45) is 0 Å². The zero-order chi connectivity index (χ0) is 10.1. The highest BCUT2D eigenvalue weighted by Gasteiger charge is 2.09. The summed E-state index contributed by atoms with van der Waals surface area (Å²) in [6.45, 7) is 0. The molecule has 0 spiro atoms. The third kappa shape index (κ3) is 1.49. The molecule has 72 valence electrons. The molecule has 0 radical (unpaired) electrons. The van der Waals surface area contributed by atoms with Gasteiger partial charge in [-0.05, 0) is 18.2 Å². The maximum atomic E-state index is 13.1. The molecular weight excluding hydrogens is 226 g/mol. The van der Waals surface area contributed by atoms with Crippen molar-refractivity contribution < 1.29 is 4.39 Å². The minimum absolute atomic E-state index is 0.0121. The van der Waals surface area contributed by atoms with Crippen LogP contribution in [-0.4, -0.2) is 9.78 Å². The van der Waals surface area contributed by atoms with Gasteiger partial charge in [0.15, 0.2) is 0 Å². The van der Waals surface area contributed by atoms with Crippen molar-refractivity contribution in [3.05, 3.63) is 46.5 Å². The van der Waals surface area contributed by atoms with Crippen molar-refractivity contribution in [2.75, 3.05) is 0 Å². The average Bonchev–Trinajstić information content (AvgIpc) is 2.57. The lowest BCUT2D eigenvalue weighted by molar-refractivity contribution is 0.626. The van der Waals surface area contributed by atoms with Gasteiger partial charge in [-0.25, -0.2) is 9.07 Å². The molecule has 14 heavy (non-hydrogen) atoms. The number of aromatic nitrogens is 2. The van der Waals surface area contributed by atoms with Crippen molar-refractivity contribution in [2.45, 2.75) is 0 Å². The van der Waals surface area contributed by atoms with Gasteiger partial charge in [0, 0.05) is 0 Å². The molecule has 1 heterocycles. The Kier molecular flexibility index (Phi) is 2.44. The van der Waals surface area contributed by atoms with E-state index in [1.165, 1.54) is 16.9 Å². The van der Waals surface area contributed by atoms with Crippen molar-refractivity contribution in [1.29, 1.82) is 0 Å². The van der Waals surface area contributed by atoms with Gasteiger partial charge in [-0.15, -0.1) is 0 Å². The summed E-state index contributed by atoms with van der Waals surface area (Å²) in [6.07, 6.45) is 1.52. The van der Waals surface area contributed by atoms with Gasteiger partial charge in [0.2, 0.25) is 0 Å². The second-order valence-electron chi connectivity index (χ2n) is 2.64. The third-order valence-corrected chi connectivity index (χ3v) is 2.42. The van der Waals surface area contributed by atoms with Gasteiger partial charge in [0.1, 0.15) is 16.0 Å². The highest BCUT2D eigenvalue weighted by molar-refractivity contribution is 6.33. The first-order valence-corrected chi connectivity index (χ1v) is 4.59. The summed E-state index contributed by atoms with van der Waals surface area (Å²) in [5.41, 5.74) is 0.432. The Morgan fingerprint density at radius 2 is 2.00 bits per heavy atom. The standard InChI is InChI=1S/C9H5Cl2FN2/c10-8-4-5-13-14(8)7-3-1-2-6(12)9(7)11/h1-5H. The Balaban J connectivity index is 2.63. The van der Waals surface area contributed by atoms with Crippen LogP contribution in [0.1, 0.15) is 0 Å². The van der Waals surface area contributed by atoms with E-state index in [9.17, 15) is 4.39 Å². The van der Waals surface area contributed by atoms with Crippen LogP contribution in [0, 0.1) is 5.82 Å². The maximum absolute atomic E-state index is 13.1. The molecule has 0 aliphatic rings. The van der Waals surface area contributed by atoms with Crippen molar-refractivity contribution in [1.82, 2.24) is 9.78 Å². The first-order chi connectivity index (χ1) is 6.70. The van der Waals surface area contributed by atoms with Crippen molar-refractivity contribution >= 4 is 23.2 Å². The molecule has 0 saturated heterocycles. The first kappa shape index (κ1) is 9.49. The van der Waals surface area contributed by atoms with Crippen LogP contribution in [0.4, 0.5) is 4.39 Å². The van der Waals surface area contributed by atoms with E-state index in [1.54, 1.807) is 18.2 Å². The van der Waals surface area contributed by atoms with Gasteiger partial charge in [-0.3, -0.25) is 0 Å². The quantitative estimate of drug-likeness (QED) is 0.736. The maximum Gasteiger partial charge on any atom is 0.143 e. The van der Waals surface area contributed by atoms with Gasteiger partial charge < -0.3 is 0 Å². The molecule has 0 saturated carbocycles. The summed E-state index contributed by atoms with van der Waals surface area (Å²) in [6, 6.07) is 6.07. The molecule has 0 unspecified atom stereocenters. The first-order valence-electron chi connectivity index (χ1n) is 3.84. The molecule has 0 aliphatic carbocycles. The number of rotatable bonds is 1. The molecule has 0 bridgehead atoms. The number of hydrogen-bond acceptors (Lipinski definition) is 1. The van der Waals surface area contributed by atoms with E-state index < -0.39 is 5.82 Å². The number of benzene rings is 1. The molecule has 1 aromatic heterocycles. The van der Waals surface area contributed by atoms with Crippen LogP contribution >= 0.6 is 23.2 Å². The Morgan fingerprint density at radius 3 is 2.64 bits per heavy atom. The normalized spacial score (nSPS) is 10.5. The Bertz CT molecular complexity index is 468. The summed E-state index contributed by atoms with van der Waals surface area (Å²) < 4.78 is 14.5. The molecule has 2 aromatic rings. The molecule has 1 aromatic carbocycles. The second-order valence-corrected chi connectivity index (χ2v) is 3.40. The predicted octanol–water partition coefficient (Wildman–Crippen LogP) is 3.32. The van der Waals surface area contributed by atoms with E-state index in [1.807, 2.05) is 0 Å². The molecular formula is C9H5Cl2FN2. The lowest BCUT2D eigenvalue weighted by Gasteiger charge is -2.05. The second kappa shape index (κ2) is 3.59. The Labute approximate surface area is 89.9 Å². The largest absolute Gasteiger partial charge is 0.221 e. The van der Waals surface area contributed by atoms with E-state index in [-0.39, 0.29) is 5.02 Å². The fourth-order valence-electron chi connectivity index (χ4n) is 1.12. The van der Waals surface area contributed by atoms with E-state index >= 15 is 0 Å². The SMILES string of the molecule is Fc1cccc(-n2nccc2Cl)c1Cl. The summed E-state index contributed by atoms with van der Waals surface area (Å²) in [5.74, 6) is -0.490.